The zero-order valence-corrected chi connectivity index (χ0v) is 14.5. The van der Waals surface area contributed by atoms with Crippen molar-refractivity contribution in [3.05, 3.63) is 35.4 Å². The molecule has 1 rings (SSSR count). The van der Waals surface area contributed by atoms with E-state index in [4.69, 9.17) is 25.0 Å². The summed E-state index contributed by atoms with van der Waals surface area (Å²) in [5.41, 5.74) is 2.36. The number of carbonyl (C=O) groups excluding carboxylic acids is 1. The molecule has 0 saturated carbocycles. The summed E-state index contributed by atoms with van der Waals surface area (Å²) in [6.07, 6.45) is -0.569. The average Bonchev–Trinajstić information content (AvgIpc) is 2.60. The van der Waals surface area contributed by atoms with Crippen molar-refractivity contribution < 1.29 is 23.9 Å². The molecule has 0 aliphatic heterocycles. The van der Waals surface area contributed by atoms with Crippen molar-refractivity contribution in [2.24, 2.45) is 11.1 Å². The number of anilines is 1. The molecule has 0 heterocycles. The lowest BCUT2D eigenvalue weighted by Gasteiger charge is -2.23. The number of carbonyl (C=O) groups is 1. The lowest BCUT2D eigenvalue weighted by molar-refractivity contribution is 0.153. The van der Waals surface area contributed by atoms with Crippen LogP contribution in [0.4, 0.5) is 10.5 Å². The number of nitrogens with two attached hydrogens (primary N) is 1. The fourth-order valence-electron chi connectivity index (χ4n) is 2.08. The van der Waals surface area contributed by atoms with Gasteiger partial charge in [-0.25, -0.2) is 4.79 Å². The summed E-state index contributed by atoms with van der Waals surface area (Å²) in [6.45, 7) is 3.55. The van der Waals surface area contributed by atoms with Crippen LogP contribution in [-0.4, -0.2) is 39.9 Å². The van der Waals surface area contributed by atoms with Crippen molar-refractivity contribution in [1.29, 1.82) is 0 Å². The topological polar surface area (TPSA) is 95.6 Å². The summed E-state index contributed by atoms with van der Waals surface area (Å²) in [7, 11) is 4.23. The highest BCUT2D eigenvalue weighted by Gasteiger charge is 2.22. The minimum absolute atomic E-state index is 0.00568. The Hall–Kier alpha value is -2.58. The lowest BCUT2D eigenvalue weighted by Crippen LogP contribution is -2.33. The highest BCUT2D eigenvalue weighted by Crippen LogP contribution is 2.30. The molecule has 0 fully saturated rings. The number of methoxy groups -OCH3 is 2. The molecule has 132 valence electrons. The molecule has 0 saturated heterocycles. The van der Waals surface area contributed by atoms with Gasteiger partial charge in [0, 0.05) is 18.2 Å². The number of benzene rings is 1. The second kappa shape index (κ2) is 9.53. The van der Waals surface area contributed by atoms with Gasteiger partial charge < -0.3 is 19.1 Å². The average molecular weight is 337 g/mol. The molecule has 24 heavy (non-hydrogen) atoms. The summed E-state index contributed by atoms with van der Waals surface area (Å²) in [5.74, 6) is 5.83. The molecule has 0 unspecified atom stereocenters. The van der Waals surface area contributed by atoms with Crippen LogP contribution in [-0.2, 0) is 19.1 Å². The van der Waals surface area contributed by atoms with Gasteiger partial charge in [-0.3, -0.25) is 4.90 Å². The number of amides is 1. The van der Waals surface area contributed by atoms with E-state index in [9.17, 15) is 4.79 Å². The van der Waals surface area contributed by atoms with Crippen molar-refractivity contribution in [2.45, 2.75) is 13.8 Å². The zero-order chi connectivity index (χ0) is 18.1. The van der Waals surface area contributed by atoms with E-state index in [1.165, 1.54) is 26.2 Å². The number of ether oxygens (including phenoxy) is 2. The molecule has 0 aromatic heterocycles. The van der Waals surface area contributed by atoms with E-state index in [2.05, 4.69) is 5.16 Å². The number of hydrogen-bond acceptors (Lipinski definition) is 7. The van der Waals surface area contributed by atoms with E-state index in [0.29, 0.717) is 28.3 Å². The third-order valence-electron chi connectivity index (χ3n) is 3.32. The Balaban J connectivity index is 3.51. The predicted octanol–water partition coefficient (Wildman–Crippen LogP) is 2.51. The van der Waals surface area contributed by atoms with E-state index >= 15 is 0 Å². The summed E-state index contributed by atoms with van der Waals surface area (Å²) in [5, 5.41) is 3.87. The first-order valence-corrected chi connectivity index (χ1v) is 7.11. The number of rotatable bonds is 7. The van der Waals surface area contributed by atoms with Crippen molar-refractivity contribution in [1.82, 2.24) is 0 Å². The Morgan fingerprint density at radius 1 is 1.21 bits per heavy atom. The Kier molecular flexibility index (Phi) is 7.73. The van der Waals surface area contributed by atoms with E-state index in [1.807, 2.05) is 0 Å². The Bertz CT molecular complexity index is 628. The van der Waals surface area contributed by atoms with Crippen molar-refractivity contribution in [2.75, 3.05) is 33.0 Å². The molecular weight excluding hydrogens is 314 g/mol. The quantitative estimate of drug-likeness (QED) is 0.355. The van der Waals surface area contributed by atoms with Crippen LogP contribution in [0.5, 0.6) is 0 Å². The van der Waals surface area contributed by atoms with Gasteiger partial charge in [-0.15, -0.1) is 0 Å². The Morgan fingerprint density at radius 2 is 1.88 bits per heavy atom. The SMILES string of the molecule is COCN(C(=O)OC)c1ccccc1/C(ON)=C(C)/C(C)=N\OC. The maximum Gasteiger partial charge on any atom is 0.415 e. The molecular formula is C16H23N3O5. The van der Waals surface area contributed by atoms with Crippen LogP contribution in [0.3, 0.4) is 0 Å². The zero-order valence-electron chi connectivity index (χ0n) is 14.5. The van der Waals surface area contributed by atoms with Crippen LogP contribution < -0.4 is 10.8 Å². The van der Waals surface area contributed by atoms with Gasteiger partial charge in [-0.05, 0) is 26.0 Å². The molecule has 8 nitrogen and oxygen atoms in total. The van der Waals surface area contributed by atoms with Crippen LogP contribution in [0, 0.1) is 0 Å². The minimum Gasteiger partial charge on any atom is -0.452 e. The summed E-state index contributed by atoms with van der Waals surface area (Å²) < 4.78 is 9.90. The molecule has 0 bridgehead atoms. The molecule has 0 aliphatic rings. The smallest absolute Gasteiger partial charge is 0.415 e. The highest BCUT2D eigenvalue weighted by atomic mass is 16.6. The van der Waals surface area contributed by atoms with E-state index < -0.39 is 6.09 Å². The largest absolute Gasteiger partial charge is 0.452 e. The number of nitrogens with zero attached hydrogens (tertiary/aromatic N) is 2. The second-order valence-electron chi connectivity index (χ2n) is 4.76. The van der Waals surface area contributed by atoms with Crippen molar-refractivity contribution in [3.63, 3.8) is 0 Å². The third kappa shape index (κ3) is 4.46. The maximum absolute atomic E-state index is 12.1. The molecule has 1 aromatic carbocycles. The van der Waals surface area contributed by atoms with Crippen molar-refractivity contribution >= 4 is 23.3 Å². The van der Waals surface area contributed by atoms with Crippen LogP contribution in [0.2, 0.25) is 0 Å². The molecule has 1 amide bonds. The molecule has 8 heteroatoms. The standard InChI is InChI=1S/C16H23N3O5/c1-11(12(2)18-23-5)15(24-17)13-8-6-7-9-14(13)19(10-21-3)16(20)22-4/h6-9H,10,17H2,1-5H3/b15-11-,18-12-. The number of allylic oxidation sites excluding steroid dienone is 1. The highest BCUT2D eigenvalue weighted by molar-refractivity contribution is 6.04. The number of oxime groups is 1. The molecule has 0 aliphatic carbocycles. The van der Waals surface area contributed by atoms with E-state index in [-0.39, 0.29) is 6.73 Å². The van der Waals surface area contributed by atoms with Gasteiger partial charge in [-0.2, -0.15) is 5.90 Å². The monoisotopic (exact) mass is 337 g/mol. The fourth-order valence-corrected chi connectivity index (χ4v) is 2.08. The maximum atomic E-state index is 12.1. The van der Waals surface area contributed by atoms with Gasteiger partial charge in [-0.1, -0.05) is 17.3 Å². The second-order valence-corrected chi connectivity index (χ2v) is 4.76. The van der Waals surface area contributed by atoms with Gasteiger partial charge in [0.15, 0.2) is 5.76 Å². The molecule has 0 spiro atoms. The predicted molar refractivity (Wildman–Crippen MR) is 91.2 cm³/mol. The van der Waals surface area contributed by atoms with Crippen LogP contribution >= 0.6 is 0 Å². The van der Waals surface area contributed by atoms with Gasteiger partial charge in [0.1, 0.15) is 13.8 Å². The minimum atomic E-state index is -0.569. The Labute approximate surface area is 141 Å². The van der Waals surface area contributed by atoms with Gasteiger partial charge in [0.2, 0.25) is 0 Å². The first-order chi connectivity index (χ1) is 11.5. The summed E-state index contributed by atoms with van der Waals surface area (Å²) >= 11 is 0. The normalized spacial score (nSPS) is 12.3. The van der Waals surface area contributed by atoms with Crippen LogP contribution in [0.1, 0.15) is 19.4 Å². The summed E-state index contributed by atoms with van der Waals surface area (Å²) in [6, 6.07) is 7.09. The fraction of sp³-hybridized carbons (Fsp3) is 0.375. The van der Waals surface area contributed by atoms with Gasteiger partial charge in [0.05, 0.1) is 18.5 Å². The van der Waals surface area contributed by atoms with Gasteiger partial charge in [0.25, 0.3) is 0 Å². The third-order valence-corrected chi connectivity index (χ3v) is 3.32. The summed E-state index contributed by atoms with van der Waals surface area (Å²) in [4.78, 5) is 23.2. The molecule has 1 aromatic rings. The molecule has 0 radical (unpaired) electrons. The van der Waals surface area contributed by atoms with E-state index in [0.717, 1.165) is 0 Å². The van der Waals surface area contributed by atoms with Gasteiger partial charge >= 0.3 is 6.09 Å². The van der Waals surface area contributed by atoms with E-state index in [1.54, 1.807) is 38.1 Å². The number of hydrogen-bond donors (Lipinski definition) is 1. The van der Waals surface area contributed by atoms with Crippen LogP contribution in [0.15, 0.2) is 35.0 Å². The first kappa shape index (κ1) is 19.5. The van der Waals surface area contributed by atoms with Crippen molar-refractivity contribution in [3.8, 4) is 0 Å². The Morgan fingerprint density at radius 3 is 2.42 bits per heavy atom. The molecule has 0 atom stereocenters. The number of para-hydroxylation sites is 1. The molecule has 2 N–H and O–H groups in total. The first-order valence-electron chi connectivity index (χ1n) is 7.11. The van der Waals surface area contributed by atoms with Crippen LogP contribution in [0.25, 0.3) is 5.76 Å². The lowest BCUT2D eigenvalue weighted by atomic mass is 10.0.